The van der Waals surface area contributed by atoms with Crippen molar-refractivity contribution < 1.29 is 9.59 Å². The molecular formula is C21H29ClN4O2. The second kappa shape index (κ2) is 8.70. The van der Waals surface area contributed by atoms with Crippen LogP contribution in [0, 0.1) is 0 Å². The lowest BCUT2D eigenvalue weighted by molar-refractivity contribution is -0.128. The summed E-state index contributed by atoms with van der Waals surface area (Å²) < 4.78 is 0. The first-order valence-corrected chi connectivity index (χ1v) is 10.9. The Morgan fingerprint density at radius 3 is 2.50 bits per heavy atom. The van der Waals surface area contributed by atoms with E-state index < -0.39 is 0 Å². The summed E-state index contributed by atoms with van der Waals surface area (Å²) in [6.45, 7) is 6.39. The highest BCUT2D eigenvalue weighted by atomic mass is 35.5. The molecule has 0 radical (unpaired) electrons. The molecule has 1 atom stereocenters. The van der Waals surface area contributed by atoms with E-state index in [1.807, 2.05) is 18.2 Å². The zero-order valence-electron chi connectivity index (χ0n) is 16.4. The molecule has 0 aliphatic carbocycles. The number of carbonyl (C=O) groups is 2. The van der Waals surface area contributed by atoms with Gasteiger partial charge in [-0.3, -0.25) is 14.6 Å². The Hall–Kier alpha value is -1.79. The van der Waals surface area contributed by atoms with Crippen LogP contribution in [0.25, 0.3) is 0 Å². The van der Waals surface area contributed by atoms with Crippen molar-refractivity contribution in [3.63, 3.8) is 0 Å². The molecule has 3 aliphatic rings. The maximum absolute atomic E-state index is 12.5. The molecule has 1 aromatic rings. The number of amides is 3. The smallest absolute Gasteiger partial charge is 0.327 e. The van der Waals surface area contributed by atoms with E-state index in [1.165, 1.54) is 10.6 Å². The first kappa shape index (κ1) is 19.5. The van der Waals surface area contributed by atoms with Gasteiger partial charge < -0.3 is 9.80 Å². The van der Waals surface area contributed by atoms with Gasteiger partial charge in [-0.05, 0) is 56.8 Å². The van der Waals surface area contributed by atoms with Crippen LogP contribution in [0.5, 0.6) is 0 Å². The minimum Gasteiger partial charge on any atom is -0.369 e. The van der Waals surface area contributed by atoms with Crippen molar-refractivity contribution in [3.05, 3.63) is 29.3 Å². The molecule has 0 saturated carbocycles. The van der Waals surface area contributed by atoms with E-state index >= 15 is 0 Å². The summed E-state index contributed by atoms with van der Waals surface area (Å²) >= 11 is 6.10. The Bertz CT molecular complexity index is 696. The van der Waals surface area contributed by atoms with Crippen LogP contribution >= 0.6 is 11.6 Å². The van der Waals surface area contributed by atoms with Crippen molar-refractivity contribution >= 4 is 29.2 Å². The van der Waals surface area contributed by atoms with Crippen LogP contribution in [0.1, 0.15) is 32.1 Å². The lowest BCUT2D eigenvalue weighted by Gasteiger charge is -2.36. The van der Waals surface area contributed by atoms with Gasteiger partial charge in [-0.25, -0.2) is 4.79 Å². The first-order valence-electron chi connectivity index (χ1n) is 10.5. The van der Waals surface area contributed by atoms with E-state index in [-0.39, 0.29) is 18.0 Å². The van der Waals surface area contributed by atoms with Gasteiger partial charge in [0.15, 0.2) is 0 Å². The normalized spacial score (nSPS) is 23.5. The van der Waals surface area contributed by atoms with Crippen LogP contribution in [0.3, 0.4) is 0 Å². The van der Waals surface area contributed by atoms with Crippen molar-refractivity contribution in [2.75, 3.05) is 50.7 Å². The summed E-state index contributed by atoms with van der Waals surface area (Å²) in [6.07, 6.45) is 4.79. The van der Waals surface area contributed by atoms with Gasteiger partial charge >= 0.3 is 6.03 Å². The van der Waals surface area contributed by atoms with Crippen LogP contribution in [0.2, 0.25) is 5.02 Å². The van der Waals surface area contributed by atoms with Crippen molar-refractivity contribution in [2.45, 2.75) is 38.1 Å². The predicted octanol–water partition coefficient (Wildman–Crippen LogP) is 3.06. The molecule has 1 aromatic carbocycles. The number of urea groups is 1. The van der Waals surface area contributed by atoms with Gasteiger partial charge in [0.05, 0.1) is 0 Å². The van der Waals surface area contributed by atoms with Crippen molar-refractivity contribution in [1.82, 2.24) is 14.7 Å². The van der Waals surface area contributed by atoms with Crippen molar-refractivity contribution in [2.24, 2.45) is 0 Å². The maximum atomic E-state index is 12.5. The van der Waals surface area contributed by atoms with Gasteiger partial charge in [0, 0.05) is 50.0 Å². The zero-order valence-corrected chi connectivity index (χ0v) is 17.1. The van der Waals surface area contributed by atoms with Gasteiger partial charge in [0.2, 0.25) is 0 Å². The number of imide groups is 1. The molecule has 152 valence electrons. The van der Waals surface area contributed by atoms with Crippen molar-refractivity contribution in [3.8, 4) is 0 Å². The molecule has 0 N–H and O–H groups in total. The number of anilines is 1. The van der Waals surface area contributed by atoms with Crippen LogP contribution < -0.4 is 4.90 Å². The largest absolute Gasteiger partial charge is 0.369 e. The number of halogens is 1. The lowest BCUT2D eigenvalue weighted by Crippen LogP contribution is -2.46. The average molecular weight is 405 g/mol. The second-order valence-corrected chi connectivity index (χ2v) is 8.43. The van der Waals surface area contributed by atoms with Gasteiger partial charge in [0.1, 0.15) is 6.04 Å². The number of nitrogens with zero attached hydrogens (tertiary/aromatic N) is 4. The summed E-state index contributed by atoms with van der Waals surface area (Å²) in [7, 11) is 0. The van der Waals surface area contributed by atoms with E-state index in [0.29, 0.717) is 6.54 Å². The molecule has 3 fully saturated rings. The molecule has 0 spiro atoms. The lowest BCUT2D eigenvalue weighted by atomic mass is 10.0. The van der Waals surface area contributed by atoms with Gasteiger partial charge in [-0.15, -0.1) is 0 Å². The molecule has 0 aromatic heterocycles. The summed E-state index contributed by atoms with van der Waals surface area (Å²) in [5.74, 6) is 0.0276. The van der Waals surface area contributed by atoms with Crippen LogP contribution in [0.15, 0.2) is 24.3 Å². The summed E-state index contributed by atoms with van der Waals surface area (Å²) in [4.78, 5) is 33.0. The number of hydrogen-bond acceptors (Lipinski definition) is 4. The van der Waals surface area contributed by atoms with Crippen LogP contribution in [-0.2, 0) is 4.79 Å². The fourth-order valence-electron chi connectivity index (χ4n) is 4.56. The molecule has 3 aliphatic heterocycles. The van der Waals surface area contributed by atoms with E-state index in [0.717, 1.165) is 76.4 Å². The second-order valence-electron chi connectivity index (χ2n) is 7.99. The Morgan fingerprint density at radius 2 is 1.75 bits per heavy atom. The third-order valence-corrected chi connectivity index (χ3v) is 6.42. The highest BCUT2D eigenvalue weighted by Crippen LogP contribution is 2.27. The fraction of sp³-hybridized carbons (Fsp3) is 0.619. The average Bonchev–Trinajstić information content (AvgIpc) is 2.96. The Kier molecular flexibility index (Phi) is 6.07. The molecule has 4 rings (SSSR count). The molecule has 3 heterocycles. The third kappa shape index (κ3) is 4.13. The molecule has 28 heavy (non-hydrogen) atoms. The third-order valence-electron chi connectivity index (χ3n) is 6.18. The number of benzene rings is 1. The quantitative estimate of drug-likeness (QED) is 0.540. The number of rotatable bonds is 6. The Balaban J connectivity index is 1.17. The molecule has 6 nitrogen and oxygen atoms in total. The van der Waals surface area contributed by atoms with E-state index in [2.05, 4.69) is 15.9 Å². The standard InChI is InChI=1S/C21H29ClN4O2/c22-17-6-5-7-18(16-17)24-14-12-23(13-15-24)9-3-4-11-26-20(27)19-8-1-2-10-25(19)21(26)28/h5-7,16,19H,1-4,8-15H2/t19-/m0/s1. The number of piperazine rings is 1. The number of fused-ring (bicyclic) bond motifs is 1. The molecule has 3 saturated heterocycles. The number of unbranched alkanes of at least 4 members (excludes halogenated alkanes) is 1. The van der Waals surface area contributed by atoms with Crippen molar-refractivity contribution in [1.29, 1.82) is 0 Å². The van der Waals surface area contributed by atoms with Crippen LogP contribution in [-0.4, -0.2) is 78.5 Å². The number of piperidine rings is 1. The highest BCUT2D eigenvalue weighted by Gasteiger charge is 2.45. The van der Waals surface area contributed by atoms with E-state index in [4.69, 9.17) is 11.6 Å². The summed E-state index contributed by atoms with van der Waals surface area (Å²) in [5.41, 5.74) is 1.19. The van der Waals surface area contributed by atoms with Gasteiger partial charge in [-0.1, -0.05) is 17.7 Å². The highest BCUT2D eigenvalue weighted by molar-refractivity contribution is 6.30. The molecule has 3 amide bonds. The zero-order chi connectivity index (χ0) is 19.5. The topological polar surface area (TPSA) is 47.1 Å². The number of hydrogen-bond donors (Lipinski definition) is 0. The minimum absolute atomic E-state index is 0.0276. The van der Waals surface area contributed by atoms with Gasteiger partial charge in [-0.2, -0.15) is 0 Å². The Morgan fingerprint density at radius 1 is 0.964 bits per heavy atom. The maximum Gasteiger partial charge on any atom is 0.327 e. The first-order chi connectivity index (χ1) is 13.6. The van der Waals surface area contributed by atoms with Crippen LogP contribution in [0.4, 0.5) is 10.5 Å². The molecular weight excluding hydrogens is 376 g/mol. The SMILES string of the molecule is O=C1[C@@H]2CCCCN2C(=O)N1CCCCN1CCN(c2cccc(Cl)c2)CC1. The number of carbonyl (C=O) groups excluding carboxylic acids is 2. The minimum atomic E-state index is -0.180. The molecule has 7 heteroatoms. The predicted molar refractivity (Wildman–Crippen MR) is 111 cm³/mol. The summed E-state index contributed by atoms with van der Waals surface area (Å²) in [6, 6.07) is 7.79. The van der Waals surface area contributed by atoms with E-state index in [9.17, 15) is 9.59 Å². The molecule has 0 bridgehead atoms. The summed E-state index contributed by atoms with van der Waals surface area (Å²) in [5, 5.41) is 0.780. The fourth-order valence-corrected chi connectivity index (χ4v) is 4.74. The Labute approximate surface area is 172 Å². The van der Waals surface area contributed by atoms with Gasteiger partial charge in [0.25, 0.3) is 5.91 Å². The molecule has 0 unspecified atom stereocenters. The van der Waals surface area contributed by atoms with E-state index in [1.54, 1.807) is 4.90 Å². The monoisotopic (exact) mass is 404 g/mol.